The van der Waals surface area contributed by atoms with Crippen LogP contribution in [-0.4, -0.2) is 38.7 Å². The number of hydrogen-bond donors (Lipinski definition) is 1. The van der Waals surface area contributed by atoms with Gasteiger partial charge >= 0.3 is 0 Å². The van der Waals surface area contributed by atoms with Crippen LogP contribution in [0.25, 0.3) is 0 Å². The molecule has 1 saturated heterocycles. The Balaban J connectivity index is 1.91. The maximum Gasteiger partial charge on any atom is 0.109 e. The predicted octanol–water partition coefficient (Wildman–Crippen LogP) is 0.727. The number of nitrogens with zero attached hydrogens (tertiary/aromatic N) is 2. The van der Waals surface area contributed by atoms with Crippen LogP contribution in [0.15, 0.2) is 5.38 Å². The van der Waals surface area contributed by atoms with Crippen molar-refractivity contribution in [1.82, 2.24) is 9.88 Å². The van der Waals surface area contributed by atoms with Crippen molar-refractivity contribution in [2.45, 2.75) is 19.5 Å². The van der Waals surface area contributed by atoms with Gasteiger partial charge in [0.05, 0.1) is 11.7 Å². The first-order valence-corrected chi connectivity index (χ1v) is 7.79. The summed E-state index contributed by atoms with van der Waals surface area (Å²) in [6.07, 6.45) is 0. The van der Waals surface area contributed by atoms with E-state index in [0.717, 1.165) is 41.8 Å². The van der Waals surface area contributed by atoms with Crippen LogP contribution in [0.5, 0.6) is 0 Å². The highest BCUT2D eigenvalue weighted by Crippen LogP contribution is 2.17. The molecule has 1 aliphatic rings. The van der Waals surface area contributed by atoms with Crippen molar-refractivity contribution in [3.05, 3.63) is 16.1 Å². The van der Waals surface area contributed by atoms with Crippen molar-refractivity contribution in [1.29, 1.82) is 0 Å². The number of rotatable bonds is 3. The fraction of sp³-hybridized carbons (Fsp3) is 0.700. The molecule has 2 heterocycles. The number of aromatic nitrogens is 1. The highest BCUT2D eigenvalue weighted by atomic mass is 32.2. The zero-order valence-electron chi connectivity index (χ0n) is 9.39. The van der Waals surface area contributed by atoms with Gasteiger partial charge in [0.15, 0.2) is 0 Å². The van der Waals surface area contributed by atoms with Gasteiger partial charge in [0, 0.05) is 47.3 Å². The largest absolute Gasteiger partial charge is 0.322 e. The minimum Gasteiger partial charge on any atom is -0.322 e. The Morgan fingerprint density at radius 1 is 1.62 bits per heavy atom. The van der Waals surface area contributed by atoms with Crippen molar-refractivity contribution in [2.75, 3.05) is 24.6 Å². The van der Waals surface area contributed by atoms with Crippen LogP contribution in [0.1, 0.15) is 23.7 Å². The smallest absolute Gasteiger partial charge is 0.109 e. The maximum absolute atomic E-state index is 11.2. The second-order valence-electron chi connectivity index (χ2n) is 4.09. The van der Waals surface area contributed by atoms with Gasteiger partial charge in [-0.05, 0) is 6.92 Å². The Kier molecular flexibility index (Phi) is 4.07. The van der Waals surface area contributed by atoms with Crippen LogP contribution in [0.4, 0.5) is 0 Å². The van der Waals surface area contributed by atoms with Crippen LogP contribution in [0.2, 0.25) is 0 Å². The molecule has 0 bridgehead atoms. The monoisotopic (exact) mass is 259 g/mol. The zero-order chi connectivity index (χ0) is 11.5. The van der Waals surface area contributed by atoms with Gasteiger partial charge in [-0.3, -0.25) is 9.11 Å². The topological polar surface area (TPSA) is 59.2 Å². The van der Waals surface area contributed by atoms with Crippen molar-refractivity contribution >= 4 is 22.1 Å². The molecule has 0 aliphatic carbocycles. The van der Waals surface area contributed by atoms with Gasteiger partial charge in [-0.1, -0.05) is 0 Å². The van der Waals surface area contributed by atoms with Crippen molar-refractivity contribution in [2.24, 2.45) is 5.73 Å². The standard InChI is InChI=1S/C10H17N3OS2/c1-8(11)10-12-9(7-15-10)6-13-2-4-16(14)5-3-13/h7-8H,2-6,11H2,1H3. The van der Waals surface area contributed by atoms with Gasteiger partial charge in [-0.15, -0.1) is 11.3 Å². The van der Waals surface area contributed by atoms with Crippen molar-refractivity contribution in [3.63, 3.8) is 0 Å². The van der Waals surface area contributed by atoms with E-state index in [1.54, 1.807) is 11.3 Å². The van der Waals surface area contributed by atoms with Crippen LogP contribution >= 0.6 is 11.3 Å². The van der Waals surface area contributed by atoms with Gasteiger partial charge < -0.3 is 5.73 Å². The fourth-order valence-corrected chi connectivity index (χ4v) is 3.56. The molecule has 0 saturated carbocycles. The third-order valence-electron chi connectivity index (χ3n) is 2.62. The molecule has 0 amide bonds. The molecule has 2 N–H and O–H groups in total. The molecule has 0 spiro atoms. The zero-order valence-corrected chi connectivity index (χ0v) is 11.0. The lowest BCUT2D eigenvalue weighted by atomic mass is 10.3. The summed E-state index contributed by atoms with van der Waals surface area (Å²) in [5, 5.41) is 3.07. The molecule has 90 valence electrons. The summed E-state index contributed by atoms with van der Waals surface area (Å²) >= 11 is 1.62. The summed E-state index contributed by atoms with van der Waals surface area (Å²) in [6, 6.07) is 0.0209. The molecule has 1 aromatic rings. The van der Waals surface area contributed by atoms with Gasteiger partial charge in [0.2, 0.25) is 0 Å². The third-order valence-corrected chi connectivity index (χ3v) is 4.99. The molecule has 1 atom stereocenters. The highest BCUT2D eigenvalue weighted by molar-refractivity contribution is 7.85. The quantitative estimate of drug-likeness (QED) is 0.869. The van der Waals surface area contributed by atoms with Gasteiger partial charge in [0.25, 0.3) is 0 Å². The van der Waals surface area contributed by atoms with Gasteiger partial charge in [-0.2, -0.15) is 0 Å². The Morgan fingerprint density at radius 3 is 2.88 bits per heavy atom. The van der Waals surface area contributed by atoms with Crippen molar-refractivity contribution in [3.8, 4) is 0 Å². The molecule has 1 unspecified atom stereocenters. The molecule has 1 fully saturated rings. The summed E-state index contributed by atoms with van der Waals surface area (Å²) in [5.74, 6) is 1.59. The van der Waals surface area contributed by atoms with E-state index in [1.165, 1.54) is 0 Å². The molecule has 4 nitrogen and oxygen atoms in total. The summed E-state index contributed by atoms with van der Waals surface area (Å²) in [5.41, 5.74) is 6.86. The lowest BCUT2D eigenvalue weighted by Gasteiger charge is -2.25. The van der Waals surface area contributed by atoms with E-state index < -0.39 is 10.8 Å². The molecule has 16 heavy (non-hydrogen) atoms. The second-order valence-corrected chi connectivity index (χ2v) is 6.68. The average molecular weight is 259 g/mol. The second kappa shape index (κ2) is 5.35. The Morgan fingerprint density at radius 2 is 2.31 bits per heavy atom. The van der Waals surface area contributed by atoms with E-state index in [-0.39, 0.29) is 6.04 Å². The Bertz CT molecular complexity index is 368. The molecule has 0 radical (unpaired) electrons. The fourth-order valence-electron chi connectivity index (χ4n) is 1.67. The molecule has 1 aromatic heterocycles. The molecular formula is C10H17N3OS2. The summed E-state index contributed by atoms with van der Waals surface area (Å²) < 4.78 is 11.2. The lowest BCUT2D eigenvalue weighted by molar-refractivity contribution is 0.288. The van der Waals surface area contributed by atoms with E-state index in [4.69, 9.17) is 5.73 Å². The van der Waals surface area contributed by atoms with Crippen LogP contribution in [0.3, 0.4) is 0 Å². The molecule has 2 rings (SSSR count). The van der Waals surface area contributed by atoms with E-state index in [1.807, 2.05) is 6.92 Å². The number of hydrogen-bond acceptors (Lipinski definition) is 5. The van der Waals surface area contributed by atoms with Crippen LogP contribution in [0, 0.1) is 0 Å². The maximum atomic E-state index is 11.2. The predicted molar refractivity (Wildman–Crippen MR) is 67.9 cm³/mol. The van der Waals surface area contributed by atoms with Gasteiger partial charge in [0.1, 0.15) is 5.01 Å². The minimum absolute atomic E-state index is 0.0209. The summed E-state index contributed by atoms with van der Waals surface area (Å²) in [6.45, 7) is 4.64. The van der Waals surface area contributed by atoms with Crippen molar-refractivity contribution < 1.29 is 4.21 Å². The average Bonchev–Trinajstić information content (AvgIpc) is 2.70. The molecule has 6 heteroatoms. The first-order chi connectivity index (χ1) is 7.65. The van der Waals surface area contributed by atoms with Crippen LogP contribution < -0.4 is 5.73 Å². The highest BCUT2D eigenvalue weighted by Gasteiger charge is 2.16. The SMILES string of the molecule is CC(N)c1nc(CN2CCS(=O)CC2)cs1. The lowest BCUT2D eigenvalue weighted by Crippen LogP contribution is -2.37. The summed E-state index contributed by atoms with van der Waals surface area (Å²) in [4.78, 5) is 6.81. The van der Waals surface area contributed by atoms with E-state index >= 15 is 0 Å². The molecular weight excluding hydrogens is 242 g/mol. The normalized spacial score (nSPS) is 21.1. The minimum atomic E-state index is -0.600. The molecule has 0 aromatic carbocycles. The first-order valence-electron chi connectivity index (χ1n) is 5.42. The van der Waals surface area contributed by atoms with E-state index in [9.17, 15) is 4.21 Å². The summed E-state index contributed by atoms with van der Waals surface area (Å²) in [7, 11) is -0.600. The molecule has 1 aliphatic heterocycles. The van der Waals surface area contributed by atoms with Crippen LogP contribution in [-0.2, 0) is 17.3 Å². The number of thiazole rings is 1. The first kappa shape index (κ1) is 12.2. The van der Waals surface area contributed by atoms with Gasteiger partial charge in [-0.25, -0.2) is 4.98 Å². The number of nitrogens with two attached hydrogens (primary N) is 1. The van der Waals surface area contributed by atoms with E-state index in [2.05, 4.69) is 15.3 Å². The Hall–Kier alpha value is -0.300. The van der Waals surface area contributed by atoms with E-state index in [0.29, 0.717) is 0 Å². The third kappa shape index (κ3) is 3.10. The Labute approximate surface area is 102 Å².